The van der Waals surface area contributed by atoms with E-state index in [1.165, 1.54) is 0 Å². The van der Waals surface area contributed by atoms with Crippen LogP contribution in [-0.4, -0.2) is 48.9 Å². The summed E-state index contributed by atoms with van der Waals surface area (Å²) >= 11 is 0. The van der Waals surface area contributed by atoms with Crippen molar-refractivity contribution in [2.24, 2.45) is 5.41 Å². The Hall–Kier alpha value is -0.570. The molecule has 1 aliphatic rings. The minimum atomic E-state index is -0.185. The second-order valence-corrected chi connectivity index (χ2v) is 4.83. The SMILES string of the molecule is CC.CC.CCC(C)(C)C(=O)N1CCN(C)CC1. The first-order valence-electron chi connectivity index (χ1n) is 7.45. The van der Waals surface area contributed by atoms with Gasteiger partial charge in [-0.25, -0.2) is 0 Å². The molecule has 1 heterocycles. The van der Waals surface area contributed by atoms with Gasteiger partial charge in [0.2, 0.25) is 5.91 Å². The molecule has 0 aromatic heterocycles. The van der Waals surface area contributed by atoms with Crippen LogP contribution in [0.3, 0.4) is 0 Å². The number of hydrogen-bond donors (Lipinski definition) is 0. The monoisotopic (exact) mass is 258 g/mol. The number of rotatable bonds is 2. The zero-order valence-electron chi connectivity index (χ0n) is 13.8. The van der Waals surface area contributed by atoms with Gasteiger partial charge in [0.25, 0.3) is 0 Å². The van der Waals surface area contributed by atoms with Crippen LogP contribution in [0.1, 0.15) is 54.9 Å². The molecule has 0 aromatic rings. The Balaban J connectivity index is 0. The fourth-order valence-corrected chi connectivity index (χ4v) is 1.59. The Labute approximate surface area is 115 Å². The summed E-state index contributed by atoms with van der Waals surface area (Å²) in [7, 11) is 2.10. The topological polar surface area (TPSA) is 23.6 Å². The van der Waals surface area contributed by atoms with Gasteiger partial charge in [-0.2, -0.15) is 0 Å². The van der Waals surface area contributed by atoms with Crippen molar-refractivity contribution in [1.82, 2.24) is 9.80 Å². The molecule has 3 heteroatoms. The number of hydrogen-bond acceptors (Lipinski definition) is 2. The third-order valence-electron chi connectivity index (χ3n) is 3.25. The molecular formula is C15H34N2O. The Bertz CT molecular complexity index is 207. The molecule has 0 unspecified atom stereocenters. The molecule has 0 saturated carbocycles. The van der Waals surface area contributed by atoms with E-state index in [4.69, 9.17) is 0 Å². The van der Waals surface area contributed by atoms with Gasteiger partial charge in [-0.3, -0.25) is 4.79 Å². The molecule has 3 nitrogen and oxygen atoms in total. The molecule has 18 heavy (non-hydrogen) atoms. The average molecular weight is 258 g/mol. The van der Waals surface area contributed by atoms with E-state index in [1.807, 2.05) is 46.4 Å². The molecule has 110 valence electrons. The van der Waals surface area contributed by atoms with Crippen LogP contribution < -0.4 is 0 Å². The Morgan fingerprint density at radius 2 is 1.39 bits per heavy atom. The number of amides is 1. The van der Waals surface area contributed by atoms with E-state index in [0.29, 0.717) is 5.91 Å². The minimum absolute atomic E-state index is 0.185. The summed E-state index contributed by atoms with van der Waals surface area (Å²) in [6.07, 6.45) is 0.915. The zero-order valence-corrected chi connectivity index (χ0v) is 13.8. The summed E-state index contributed by atoms with van der Waals surface area (Å²) in [6.45, 7) is 17.9. The highest BCUT2D eigenvalue weighted by Gasteiger charge is 2.31. The molecule has 0 bridgehead atoms. The Kier molecular flexibility index (Phi) is 11.4. The van der Waals surface area contributed by atoms with Crippen molar-refractivity contribution in [3.63, 3.8) is 0 Å². The fourth-order valence-electron chi connectivity index (χ4n) is 1.59. The lowest BCUT2D eigenvalue weighted by Gasteiger charge is -2.37. The quantitative estimate of drug-likeness (QED) is 0.759. The first-order valence-corrected chi connectivity index (χ1v) is 7.45. The second-order valence-electron chi connectivity index (χ2n) is 4.83. The van der Waals surface area contributed by atoms with E-state index in [1.54, 1.807) is 0 Å². The van der Waals surface area contributed by atoms with E-state index in [0.717, 1.165) is 32.6 Å². The lowest BCUT2D eigenvalue weighted by molar-refractivity contribution is -0.142. The molecule has 1 fully saturated rings. The summed E-state index contributed by atoms with van der Waals surface area (Å²) in [4.78, 5) is 16.3. The van der Waals surface area contributed by atoms with Crippen molar-refractivity contribution >= 4 is 5.91 Å². The highest BCUT2D eigenvalue weighted by Crippen LogP contribution is 2.23. The fraction of sp³-hybridized carbons (Fsp3) is 0.933. The van der Waals surface area contributed by atoms with Gasteiger partial charge in [-0.1, -0.05) is 48.5 Å². The van der Waals surface area contributed by atoms with E-state index in [9.17, 15) is 4.79 Å². The molecule has 1 rings (SSSR count). The van der Waals surface area contributed by atoms with Gasteiger partial charge in [0.15, 0.2) is 0 Å². The number of carbonyl (C=O) groups excluding carboxylic acids is 1. The first kappa shape index (κ1) is 19.8. The van der Waals surface area contributed by atoms with Crippen LogP contribution in [0, 0.1) is 5.41 Å². The summed E-state index contributed by atoms with van der Waals surface area (Å²) in [5, 5.41) is 0. The first-order chi connectivity index (χ1) is 8.47. The Morgan fingerprint density at radius 3 is 1.72 bits per heavy atom. The van der Waals surface area contributed by atoms with Crippen molar-refractivity contribution in [2.75, 3.05) is 33.2 Å². The molecule has 1 amide bonds. The minimum Gasteiger partial charge on any atom is -0.340 e. The summed E-state index contributed by atoms with van der Waals surface area (Å²) in [5.41, 5.74) is -0.185. The second kappa shape index (κ2) is 10.4. The molecule has 0 radical (unpaired) electrons. The van der Waals surface area contributed by atoms with Gasteiger partial charge in [0.1, 0.15) is 0 Å². The van der Waals surface area contributed by atoms with Crippen molar-refractivity contribution < 1.29 is 4.79 Å². The average Bonchev–Trinajstić information content (AvgIpc) is 2.43. The maximum atomic E-state index is 12.1. The van der Waals surface area contributed by atoms with Gasteiger partial charge < -0.3 is 9.80 Å². The number of likely N-dealkylation sites (N-methyl/N-ethyl adjacent to an activating group) is 1. The van der Waals surface area contributed by atoms with Gasteiger partial charge in [0, 0.05) is 31.6 Å². The van der Waals surface area contributed by atoms with Crippen molar-refractivity contribution in [1.29, 1.82) is 0 Å². The molecule has 0 spiro atoms. The predicted molar refractivity (Wildman–Crippen MR) is 80.8 cm³/mol. The zero-order chi connectivity index (χ0) is 14.8. The molecule has 0 aromatic carbocycles. The lowest BCUT2D eigenvalue weighted by atomic mass is 9.88. The summed E-state index contributed by atoms with van der Waals surface area (Å²) < 4.78 is 0. The third kappa shape index (κ3) is 6.39. The maximum absolute atomic E-state index is 12.1. The molecular weight excluding hydrogens is 224 g/mol. The Morgan fingerprint density at radius 1 is 1.00 bits per heavy atom. The smallest absolute Gasteiger partial charge is 0.228 e. The number of nitrogens with zero attached hydrogens (tertiary/aromatic N) is 2. The van der Waals surface area contributed by atoms with Crippen LogP contribution in [0.15, 0.2) is 0 Å². The van der Waals surface area contributed by atoms with E-state index >= 15 is 0 Å². The third-order valence-corrected chi connectivity index (χ3v) is 3.25. The van der Waals surface area contributed by atoms with Crippen LogP contribution in [-0.2, 0) is 4.79 Å². The number of piperazine rings is 1. The molecule has 0 atom stereocenters. The van der Waals surface area contributed by atoms with Crippen LogP contribution >= 0.6 is 0 Å². The van der Waals surface area contributed by atoms with E-state index < -0.39 is 0 Å². The summed E-state index contributed by atoms with van der Waals surface area (Å²) in [6, 6.07) is 0. The lowest BCUT2D eigenvalue weighted by Crippen LogP contribution is -2.50. The normalized spacial score (nSPS) is 16.1. The van der Waals surface area contributed by atoms with Gasteiger partial charge in [-0.05, 0) is 13.5 Å². The molecule has 1 saturated heterocycles. The van der Waals surface area contributed by atoms with Gasteiger partial charge in [0.05, 0.1) is 0 Å². The van der Waals surface area contributed by atoms with Crippen LogP contribution in [0.5, 0.6) is 0 Å². The maximum Gasteiger partial charge on any atom is 0.228 e. The molecule has 1 aliphatic heterocycles. The summed E-state index contributed by atoms with van der Waals surface area (Å²) in [5.74, 6) is 0.313. The largest absolute Gasteiger partial charge is 0.340 e. The van der Waals surface area contributed by atoms with E-state index in [2.05, 4.69) is 18.9 Å². The van der Waals surface area contributed by atoms with Gasteiger partial charge >= 0.3 is 0 Å². The van der Waals surface area contributed by atoms with E-state index in [-0.39, 0.29) is 5.41 Å². The highest BCUT2D eigenvalue weighted by atomic mass is 16.2. The van der Waals surface area contributed by atoms with Crippen molar-refractivity contribution in [3.8, 4) is 0 Å². The van der Waals surface area contributed by atoms with Crippen molar-refractivity contribution in [3.05, 3.63) is 0 Å². The standard InChI is InChI=1S/C11H22N2O.2C2H6/c1-5-11(2,3)10(14)13-8-6-12(4)7-9-13;2*1-2/h5-9H2,1-4H3;2*1-2H3. The molecule has 0 aliphatic carbocycles. The van der Waals surface area contributed by atoms with Gasteiger partial charge in [-0.15, -0.1) is 0 Å². The van der Waals surface area contributed by atoms with Crippen molar-refractivity contribution in [2.45, 2.75) is 54.9 Å². The van der Waals surface area contributed by atoms with Crippen LogP contribution in [0.25, 0.3) is 0 Å². The molecule has 0 N–H and O–H groups in total. The van der Waals surface area contributed by atoms with Crippen LogP contribution in [0.2, 0.25) is 0 Å². The highest BCUT2D eigenvalue weighted by molar-refractivity contribution is 5.82. The van der Waals surface area contributed by atoms with Crippen LogP contribution in [0.4, 0.5) is 0 Å². The predicted octanol–water partition coefficient (Wildman–Crippen LogP) is 3.25. The number of carbonyl (C=O) groups is 1.